The quantitative estimate of drug-likeness (QED) is 0.674. The Bertz CT molecular complexity index is 845. The van der Waals surface area contributed by atoms with Crippen LogP contribution < -0.4 is 11.3 Å². The Morgan fingerprint density at radius 1 is 1.25 bits per heavy atom. The first kappa shape index (κ1) is 12.0. The van der Waals surface area contributed by atoms with Crippen LogP contribution in [0.4, 0.5) is 17.2 Å². The Hall–Kier alpha value is -3.10. The highest BCUT2D eigenvalue weighted by molar-refractivity contribution is 5.59. The maximum absolute atomic E-state index is 11.8. The van der Waals surface area contributed by atoms with Gasteiger partial charge in [0.2, 0.25) is 0 Å². The zero-order valence-corrected chi connectivity index (χ0v) is 10.5. The molecule has 2 heterocycles. The van der Waals surface area contributed by atoms with E-state index in [4.69, 9.17) is 5.73 Å². The van der Waals surface area contributed by atoms with Gasteiger partial charge in [0.1, 0.15) is 0 Å². The Labute approximate surface area is 112 Å². The Morgan fingerprint density at radius 3 is 2.75 bits per heavy atom. The number of nitrogens with two attached hydrogens (primary N) is 1. The molecule has 1 aromatic carbocycles. The van der Waals surface area contributed by atoms with E-state index in [2.05, 4.69) is 30.7 Å². The first-order valence-corrected chi connectivity index (χ1v) is 5.73. The number of azo groups is 1. The van der Waals surface area contributed by atoms with Crippen molar-refractivity contribution in [1.29, 1.82) is 0 Å². The van der Waals surface area contributed by atoms with Crippen molar-refractivity contribution >= 4 is 23.0 Å². The summed E-state index contributed by atoms with van der Waals surface area (Å²) in [5.74, 6) is 0.186. The summed E-state index contributed by atoms with van der Waals surface area (Å²) in [4.78, 5) is 14.3. The zero-order valence-electron chi connectivity index (χ0n) is 10.5. The molecule has 2 aromatic heterocycles. The molecule has 9 heteroatoms. The summed E-state index contributed by atoms with van der Waals surface area (Å²) in [7, 11) is 0. The molecule has 3 rings (SSSR count). The predicted octanol–water partition coefficient (Wildman–Crippen LogP) is 1.12. The average Bonchev–Trinajstić information content (AvgIpc) is 2.89. The van der Waals surface area contributed by atoms with Gasteiger partial charge in [-0.2, -0.15) is 9.63 Å². The summed E-state index contributed by atoms with van der Waals surface area (Å²) in [6.45, 7) is 1.97. The molecule has 0 atom stereocenters. The van der Waals surface area contributed by atoms with Gasteiger partial charge in [-0.1, -0.05) is 22.8 Å². The van der Waals surface area contributed by atoms with Gasteiger partial charge in [0.05, 0.1) is 5.69 Å². The number of H-pyrrole nitrogens is 1. The van der Waals surface area contributed by atoms with Crippen molar-refractivity contribution in [2.45, 2.75) is 6.92 Å². The van der Waals surface area contributed by atoms with Crippen molar-refractivity contribution in [3.63, 3.8) is 0 Å². The number of benzene rings is 1. The molecule has 20 heavy (non-hydrogen) atoms. The van der Waals surface area contributed by atoms with E-state index in [0.29, 0.717) is 5.69 Å². The molecule has 0 saturated heterocycles. The number of hydrogen-bond acceptors (Lipinski definition) is 7. The fourth-order valence-corrected chi connectivity index (χ4v) is 1.62. The van der Waals surface area contributed by atoms with Crippen LogP contribution in [-0.2, 0) is 0 Å². The minimum atomic E-state index is -0.499. The Balaban J connectivity index is 2.06. The van der Waals surface area contributed by atoms with E-state index in [-0.39, 0.29) is 17.3 Å². The third-order valence-electron chi connectivity index (χ3n) is 2.68. The van der Waals surface area contributed by atoms with Crippen LogP contribution in [0.15, 0.2) is 39.3 Å². The van der Waals surface area contributed by atoms with Gasteiger partial charge < -0.3 is 5.73 Å². The van der Waals surface area contributed by atoms with Crippen molar-refractivity contribution in [3.05, 3.63) is 40.2 Å². The normalized spacial score (nSPS) is 11.4. The standard InChI is InChI=1S/C11H10N8O/c1-6-2-4-7(5-3-6)14-15-8-9(12)19-11(13-10(8)20)16-17-18-19/h2-5H,12H2,1H3,(H,13,16,18,20). The summed E-state index contributed by atoms with van der Waals surface area (Å²) in [5.41, 5.74) is 6.99. The number of fused-ring (bicyclic) bond motifs is 1. The van der Waals surface area contributed by atoms with Crippen molar-refractivity contribution in [2.75, 3.05) is 5.73 Å². The third-order valence-corrected chi connectivity index (χ3v) is 2.68. The van der Waals surface area contributed by atoms with Crippen LogP contribution in [0.25, 0.3) is 5.78 Å². The van der Waals surface area contributed by atoms with E-state index in [1.807, 2.05) is 19.1 Å². The lowest BCUT2D eigenvalue weighted by Gasteiger charge is -1.99. The molecule has 0 bridgehead atoms. The molecule has 3 aromatic rings. The van der Waals surface area contributed by atoms with Crippen molar-refractivity contribution in [1.82, 2.24) is 25.0 Å². The highest BCUT2D eigenvalue weighted by Crippen LogP contribution is 2.20. The van der Waals surface area contributed by atoms with E-state index < -0.39 is 5.56 Å². The second-order valence-electron chi connectivity index (χ2n) is 4.14. The van der Waals surface area contributed by atoms with E-state index in [9.17, 15) is 4.79 Å². The van der Waals surface area contributed by atoms with Gasteiger partial charge >= 0.3 is 0 Å². The van der Waals surface area contributed by atoms with Crippen LogP contribution in [0.3, 0.4) is 0 Å². The van der Waals surface area contributed by atoms with Gasteiger partial charge in [-0.15, -0.1) is 5.11 Å². The summed E-state index contributed by atoms with van der Waals surface area (Å²) in [6, 6.07) is 7.37. The number of nitrogen functional groups attached to an aromatic ring is 1. The molecule has 0 amide bonds. The number of hydrogen-bond donors (Lipinski definition) is 2. The molecule has 3 N–H and O–H groups in total. The second kappa shape index (κ2) is 4.53. The number of aromatic nitrogens is 5. The van der Waals surface area contributed by atoms with Gasteiger partial charge in [-0.05, 0) is 29.5 Å². The molecule has 0 unspecified atom stereocenters. The van der Waals surface area contributed by atoms with Gasteiger partial charge in [0.25, 0.3) is 11.3 Å². The van der Waals surface area contributed by atoms with Crippen molar-refractivity contribution in [3.8, 4) is 0 Å². The zero-order chi connectivity index (χ0) is 14.1. The first-order valence-electron chi connectivity index (χ1n) is 5.73. The molecule has 0 spiro atoms. The fourth-order valence-electron chi connectivity index (χ4n) is 1.62. The maximum atomic E-state index is 11.8. The monoisotopic (exact) mass is 270 g/mol. The molecular formula is C11H10N8O. The lowest BCUT2D eigenvalue weighted by atomic mass is 10.2. The number of anilines is 1. The van der Waals surface area contributed by atoms with Gasteiger partial charge in [0.15, 0.2) is 11.5 Å². The van der Waals surface area contributed by atoms with E-state index in [0.717, 1.165) is 5.56 Å². The number of aryl methyl sites for hydroxylation is 1. The van der Waals surface area contributed by atoms with Crippen LogP contribution in [0.1, 0.15) is 5.56 Å². The molecule has 0 radical (unpaired) electrons. The fraction of sp³-hybridized carbons (Fsp3) is 0.0909. The van der Waals surface area contributed by atoms with Crippen LogP contribution in [0, 0.1) is 6.92 Å². The number of nitrogens with one attached hydrogen (secondary N) is 1. The summed E-state index contributed by atoms with van der Waals surface area (Å²) >= 11 is 0. The smallest absolute Gasteiger partial charge is 0.282 e. The van der Waals surface area contributed by atoms with Gasteiger partial charge in [0, 0.05) is 0 Å². The summed E-state index contributed by atoms with van der Waals surface area (Å²) in [5, 5.41) is 18.5. The molecule has 9 nitrogen and oxygen atoms in total. The van der Waals surface area contributed by atoms with Crippen LogP contribution >= 0.6 is 0 Å². The highest BCUT2D eigenvalue weighted by atomic mass is 16.1. The third kappa shape index (κ3) is 2.00. The molecule has 0 aliphatic carbocycles. The first-order chi connectivity index (χ1) is 9.65. The number of nitrogens with zero attached hydrogens (tertiary/aromatic N) is 6. The van der Waals surface area contributed by atoms with Crippen molar-refractivity contribution < 1.29 is 0 Å². The van der Waals surface area contributed by atoms with E-state index in [1.54, 1.807) is 12.1 Å². The topological polar surface area (TPSA) is 127 Å². The minimum absolute atomic E-state index is 0.0320. The molecular weight excluding hydrogens is 260 g/mol. The van der Waals surface area contributed by atoms with Gasteiger partial charge in [-0.25, -0.2) is 0 Å². The lowest BCUT2D eigenvalue weighted by Crippen LogP contribution is -2.13. The van der Waals surface area contributed by atoms with Crippen LogP contribution in [0.2, 0.25) is 0 Å². The summed E-state index contributed by atoms with van der Waals surface area (Å²) < 4.78 is 1.19. The molecule has 0 fully saturated rings. The van der Waals surface area contributed by atoms with E-state index >= 15 is 0 Å². The predicted molar refractivity (Wildman–Crippen MR) is 71.2 cm³/mol. The number of tetrazole rings is 1. The van der Waals surface area contributed by atoms with E-state index in [1.165, 1.54) is 4.52 Å². The van der Waals surface area contributed by atoms with Gasteiger partial charge in [-0.3, -0.25) is 9.78 Å². The maximum Gasteiger partial charge on any atom is 0.282 e. The lowest BCUT2D eigenvalue weighted by molar-refractivity contribution is 0.826. The molecule has 0 aliphatic heterocycles. The number of rotatable bonds is 2. The minimum Gasteiger partial charge on any atom is -0.381 e. The second-order valence-corrected chi connectivity index (χ2v) is 4.14. The van der Waals surface area contributed by atoms with Crippen molar-refractivity contribution in [2.24, 2.45) is 10.2 Å². The molecule has 0 aliphatic rings. The molecule has 0 saturated carbocycles. The Kier molecular flexibility index (Phi) is 2.71. The molecule has 100 valence electrons. The Morgan fingerprint density at radius 2 is 2.00 bits per heavy atom. The van der Waals surface area contributed by atoms with Crippen LogP contribution in [0.5, 0.6) is 0 Å². The average molecular weight is 270 g/mol. The summed E-state index contributed by atoms with van der Waals surface area (Å²) in [6.07, 6.45) is 0. The largest absolute Gasteiger partial charge is 0.381 e. The highest BCUT2D eigenvalue weighted by Gasteiger charge is 2.11. The number of aromatic amines is 1. The van der Waals surface area contributed by atoms with Crippen LogP contribution in [-0.4, -0.2) is 25.0 Å². The SMILES string of the molecule is Cc1ccc(N=Nc2c(N)n3nnnc3[nH]c2=O)cc1.